The molecule has 1 aliphatic heterocycles. The van der Waals surface area contributed by atoms with Gasteiger partial charge in [0.1, 0.15) is 13.2 Å². The highest BCUT2D eigenvalue weighted by Crippen LogP contribution is 2.44. The molecule has 2 aromatic rings. The summed E-state index contributed by atoms with van der Waals surface area (Å²) < 4.78 is 10.9. The molecule has 0 spiro atoms. The Kier molecular flexibility index (Phi) is 8.36. The Morgan fingerprint density at radius 1 is 1.03 bits per heavy atom. The zero-order chi connectivity index (χ0) is 24.6. The van der Waals surface area contributed by atoms with Gasteiger partial charge in [0.25, 0.3) is 0 Å². The molecule has 1 atom stereocenters. The molecule has 2 N–H and O–H groups in total. The molecule has 0 aromatic heterocycles. The van der Waals surface area contributed by atoms with E-state index in [1.54, 1.807) is 4.90 Å². The predicted octanol–water partition coefficient (Wildman–Crippen LogP) is 3.65. The van der Waals surface area contributed by atoms with Gasteiger partial charge in [0.15, 0.2) is 0 Å². The van der Waals surface area contributed by atoms with Gasteiger partial charge in [0.2, 0.25) is 5.91 Å². The Morgan fingerprint density at radius 3 is 2.40 bits per heavy atom. The van der Waals surface area contributed by atoms with Crippen molar-refractivity contribution >= 4 is 18.0 Å². The first-order valence-corrected chi connectivity index (χ1v) is 12.2. The van der Waals surface area contributed by atoms with Crippen molar-refractivity contribution in [3.8, 4) is 11.1 Å². The van der Waals surface area contributed by atoms with Crippen molar-refractivity contribution in [1.82, 2.24) is 10.2 Å². The van der Waals surface area contributed by atoms with E-state index in [0.717, 1.165) is 24.0 Å². The number of carbonyl (C=O) groups is 3. The van der Waals surface area contributed by atoms with E-state index in [4.69, 9.17) is 14.6 Å². The van der Waals surface area contributed by atoms with E-state index in [-0.39, 0.29) is 50.5 Å². The van der Waals surface area contributed by atoms with Crippen LogP contribution in [0.1, 0.15) is 42.7 Å². The van der Waals surface area contributed by atoms with Crippen molar-refractivity contribution in [3.63, 3.8) is 0 Å². The van der Waals surface area contributed by atoms with Gasteiger partial charge in [-0.05, 0) is 47.4 Å². The minimum Gasteiger partial charge on any atom is -0.481 e. The molecule has 8 heteroatoms. The van der Waals surface area contributed by atoms with E-state index in [0.29, 0.717) is 19.5 Å². The van der Waals surface area contributed by atoms with Crippen LogP contribution in [0.2, 0.25) is 0 Å². The van der Waals surface area contributed by atoms with E-state index in [2.05, 4.69) is 29.6 Å². The van der Waals surface area contributed by atoms with Crippen LogP contribution in [-0.2, 0) is 19.1 Å². The summed E-state index contributed by atoms with van der Waals surface area (Å²) >= 11 is 0. The molecule has 1 saturated heterocycles. The zero-order valence-electron chi connectivity index (χ0n) is 19.8. The first-order chi connectivity index (χ1) is 17.0. The van der Waals surface area contributed by atoms with Crippen LogP contribution in [0.4, 0.5) is 4.79 Å². The molecule has 186 valence electrons. The van der Waals surface area contributed by atoms with Crippen LogP contribution in [0.5, 0.6) is 0 Å². The summed E-state index contributed by atoms with van der Waals surface area (Å²) in [5, 5.41) is 11.5. The van der Waals surface area contributed by atoms with Crippen molar-refractivity contribution in [2.24, 2.45) is 5.92 Å². The molecule has 2 aromatic carbocycles. The second kappa shape index (κ2) is 11.8. The summed E-state index contributed by atoms with van der Waals surface area (Å²) in [5.41, 5.74) is 4.67. The van der Waals surface area contributed by atoms with Gasteiger partial charge in [-0.2, -0.15) is 0 Å². The number of hydrogen-bond acceptors (Lipinski definition) is 5. The largest absolute Gasteiger partial charge is 0.481 e. The van der Waals surface area contributed by atoms with Gasteiger partial charge in [0, 0.05) is 32.0 Å². The number of ether oxygens (including phenoxy) is 2. The van der Waals surface area contributed by atoms with Crippen LogP contribution >= 0.6 is 0 Å². The molecule has 4 rings (SSSR count). The maximum absolute atomic E-state index is 12.4. The smallest absolute Gasteiger partial charge is 0.407 e. The maximum atomic E-state index is 12.4. The molecule has 35 heavy (non-hydrogen) atoms. The third-order valence-corrected chi connectivity index (χ3v) is 6.72. The maximum Gasteiger partial charge on any atom is 0.407 e. The third-order valence-electron chi connectivity index (χ3n) is 6.72. The minimum atomic E-state index is -0.805. The number of hydrogen-bond donors (Lipinski definition) is 2. The number of nitrogens with one attached hydrogen (secondary N) is 1. The summed E-state index contributed by atoms with van der Waals surface area (Å²) in [7, 11) is 0. The first-order valence-electron chi connectivity index (χ1n) is 12.2. The standard InChI is InChI=1S/C27H32N2O6/c30-25(29-14-5-6-19(16-29)11-12-26(31)32)18-34-15-13-28-27(33)35-17-24-22-9-3-1-7-20(22)21-8-2-4-10-23(21)24/h1-4,7-10,19,24H,5-6,11-18H2,(H,28,33)(H,31,32). The number of rotatable bonds is 10. The summed E-state index contributed by atoms with van der Waals surface area (Å²) in [4.78, 5) is 37.1. The number of carbonyl (C=O) groups excluding carboxylic acids is 2. The molecule has 0 bridgehead atoms. The molecular formula is C27H32N2O6. The number of benzene rings is 2. The number of alkyl carbamates (subject to hydrolysis) is 1. The molecule has 8 nitrogen and oxygen atoms in total. The topological polar surface area (TPSA) is 105 Å². The predicted molar refractivity (Wildman–Crippen MR) is 130 cm³/mol. The van der Waals surface area contributed by atoms with E-state index in [1.165, 1.54) is 11.1 Å². The zero-order valence-corrected chi connectivity index (χ0v) is 19.8. The van der Waals surface area contributed by atoms with Gasteiger partial charge < -0.3 is 24.8 Å². The van der Waals surface area contributed by atoms with Crippen molar-refractivity contribution in [3.05, 3.63) is 59.7 Å². The van der Waals surface area contributed by atoms with Gasteiger partial charge in [-0.25, -0.2) is 4.79 Å². The summed E-state index contributed by atoms with van der Waals surface area (Å²) in [6.45, 7) is 1.88. The highest BCUT2D eigenvalue weighted by atomic mass is 16.5. The van der Waals surface area contributed by atoms with Crippen molar-refractivity contribution < 1.29 is 29.0 Å². The highest BCUT2D eigenvalue weighted by molar-refractivity contribution is 5.79. The van der Waals surface area contributed by atoms with Crippen LogP contribution in [0.3, 0.4) is 0 Å². The van der Waals surface area contributed by atoms with Crippen LogP contribution in [0, 0.1) is 5.92 Å². The Bertz CT molecular complexity index is 1010. The highest BCUT2D eigenvalue weighted by Gasteiger charge is 2.29. The lowest BCUT2D eigenvalue weighted by atomic mass is 9.93. The van der Waals surface area contributed by atoms with Gasteiger partial charge in [-0.3, -0.25) is 9.59 Å². The number of carboxylic acids is 1. The second-order valence-corrected chi connectivity index (χ2v) is 9.09. The molecule has 1 fully saturated rings. The Morgan fingerprint density at radius 2 is 1.71 bits per heavy atom. The molecular weight excluding hydrogens is 448 g/mol. The van der Waals surface area contributed by atoms with E-state index < -0.39 is 12.1 Å². The lowest BCUT2D eigenvalue weighted by Crippen LogP contribution is -2.42. The Labute approximate surface area is 205 Å². The van der Waals surface area contributed by atoms with Crippen molar-refractivity contribution in [2.45, 2.75) is 31.6 Å². The van der Waals surface area contributed by atoms with Crippen LogP contribution in [-0.4, -0.2) is 67.4 Å². The minimum absolute atomic E-state index is 0.00545. The lowest BCUT2D eigenvalue weighted by Gasteiger charge is -2.32. The molecule has 2 amide bonds. The second-order valence-electron chi connectivity index (χ2n) is 9.09. The summed E-state index contributed by atoms with van der Waals surface area (Å²) in [6.07, 6.45) is 2.02. The molecule has 1 aliphatic carbocycles. The van der Waals surface area contributed by atoms with Crippen LogP contribution in [0.15, 0.2) is 48.5 Å². The molecule has 0 saturated carbocycles. The third kappa shape index (κ3) is 6.39. The van der Waals surface area contributed by atoms with Crippen LogP contribution < -0.4 is 5.32 Å². The molecule has 1 heterocycles. The van der Waals surface area contributed by atoms with Gasteiger partial charge in [0.05, 0.1) is 6.61 Å². The van der Waals surface area contributed by atoms with Crippen molar-refractivity contribution in [2.75, 3.05) is 39.5 Å². The first kappa shape index (κ1) is 24.7. The number of likely N-dealkylation sites (tertiary alicyclic amines) is 1. The number of amides is 2. The average molecular weight is 481 g/mol. The number of carboxylic acid groups (broad SMARTS) is 1. The SMILES string of the molecule is O=C(O)CCC1CCCN(C(=O)COCCNC(=O)OCC2c3ccccc3-c3ccccc32)C1. The summed E-state index contributed by atoms with van der Waals surface area (Å²) in [5.74, 6) is -0.684. The van der Waals surface area contributed by atoms with Gasteiger partial charge in [-0.1, -0.05) is 48.5 Å². The fraction of sp³-hybridized carbons (Fsp3) is 0.444. The normalized spacial score (nSPS) is 16.9. The number of nitrogens with zero attached hydrogens (tertiary/aromatic N) is 1. The molecule has 2 aliphatic rings. The van der Waals surface area contributed by atoms with Crippen LogP contribution in [0.25, 0.3) is 11.1 Å². The van der Waals surface area contributed by atoms with E-state index in [1.807, 2.05) is 24.3 Å². The fourth-order valence-corrected chi connectivity index (χ4v) is 4.98. The number of fused-ring (bicyclic) bond motifs is 3. The van der Waals surface area contributed by atoms with E-state index in [9.17, 15) is 14.4 Å². The average Bonchev–Trinajstić information content (AvgIpc) is 3.20. The van der Waals surface area contributed by atoms with Gasteiger partial charge >= 0.3 is 12.1 Å². The number of aliphatic carboxylic acids is 1. The van der Waals surface area contributed by atoms with Gasteiger partial charge in [-0.15, -0.1) is 0 Å². The quantitative estimate of drug-likeness (QED) is 0.503. The number of piperidine rings is 1. The monoisotopic (exact) mass is 480 g/mol. The van der Waals surface area contributed by atoms with E-state index >= 15 is 0 Å². The Balaban J connectivity index is 1.14. The molecule has 1 unspecified atom stereocenters. The lowest BCUT2D eigenvalue weighted by molar-refractivity contribution is -0.138. The molecule has 0 radical (unpaired) electrons. The summed E-state index contributed by atoms with van der Waals surface area (Å²) in [6, 6.07) is 16.3. The fourth-order valence-electron chi connectivity index (χ4n) is 4.98. The van der Waals surface area contributed by atoms with Crippen molar-refractivity contribution in [1.29, 1.82) is 0 Å². The Hall–Kier alpha value is -3.39.